The summed E-state index contributed by atoms with van der Waals surface area (Å²) in [6, 6.07) is 13.3. The molecule has 2 aliphatic heterocycles. The van der Waals surface area contributed by atoms with E-state index in [4.69, 9.17) is 23.2 Å². The number of halogens is 3. The predicted octanol–water partition coefficient (Wildman–Crippen LogP) is 4.99. The second-order valence-corrected chi connectivity index (χ2v) is 9.03. The van der Waals surface area contributed by atoms with Crippen LogP contribution in [0.15, 0.2) is 59.7 Å². The Labute approximate surface area is 201 Å². The van der Waals surface area contributed by atoms with E-state index in [1.807, 2.05) is 30.0 Å². The van der Waals surface area contributed by atoms with Crippen molar-refractivity contribution in [3.63, 3.8) is 0 Å². The number of carbonyl (C=O) groups is 1. The van der Waals surface area contributed by atoms with Crippen molar-refractivity contribution in [2.75, 3.05) is 31.1 Å². The topological polar surface area (TPSA) is 53.7 Å². The van der Waals surface area contributed by atoms with Crippen molar-refractivity contribution in [2.45, 2.75) is 13.0 Å². The molecule has 0 spiro atoms. The number of anilines is 1. The minimum atomic E-state index is -0.550. The van der Waals surface area contributed by atoms with E-state index < -0.39 is 12.0 Å². The van der Waals surface area contributed by atoms with E-state index in [-0.39, 0.29) is 11.7 Å². The van der Waals surface area contributed by atoms with Gasteiger partial charge < -0.3 is 9.80 Å². The number of aromatic nitrogens is 2. The second-order valence-electron chi connectivity index (χ2n) is 8.24. The maximum absolute atomic E-state index is 13.8. The molecule has 2 unspecified atom stereocenters. The lowest BCUT2D eigenvalue weighted by Gasteiger charge is -2.40. The molecule has 6 nitrogen and oxygen atoms in total. The number of benzene rings is 2. The zero-order valence-corrected chi connectivity index (χ0v) is 19.5. The van der Waals surface area contributed by atoms with E-state index in [9.17, 15) is 9.18 Å². The van der Waals surface area contributed by atoms with Gasteiger partial charge in [-0.25, -0.2) is 14.1 Å². The Bertz CT molecular complexity index is 1220. The van der Waals surface area contributed by atoms with Crippen LogP contribution in [0.25, 0.3) is 0 Å². The zero-order valence-electron chi connectivity index (χ0n) is 18.0. The number of hydrogen-bond donors (Lipinski definition) is 0. The minimum Gasteiger partial charge on any atom is -0.368 e. The van der Waals surface area contributed by atoms with Gasteiger partial charge in [0.1, 0.15) is 11.7 Å². The lowest BCUT2D eigenvalue weighted by molar-refractivity contribution is -0.134. The van der Waals surface area contributed by atoms with Crippen LogP contribution < -0.4 is 4.90 Å². The molecule has 2 aliphatic rings. The average Bonchev–Trinajstić information content (AvgIpc) is 3.28. The zero-order chi connectivity index (χ0) is 23.1. The summed E-state index contributed by atoms with van der Waals surface area (Å²) in [5.74, 6) is -0.148. The van der Waals surface area contributed by atoms with Crippen molar-refractivity contribution in [3.05, 3.63) is 76.2 Å². The molecule has 0 radical (unpaired) electrons. The van der Waals surface area contributed by atoms with E-state index in [1.54, 1.807) is 29.1 Å². The van der Waals surface area contributed by atoms with Gasteiger partial charge in [0.25, 0.3) is 0 Å². The number of carbonyl (C=O) groups excluding carboxylic acids is 1. The van der Waals surface area contributed by atoms with Crippen LogP contribution in [0.3, 0.4) is 0 Å². The molecule has 3 aromatic rings. The molecule has 170 valence electrons. The van der Waals surface area contributed by atoms with Gasteiger partial charge in [-0.2, -0.15) is 5.10 Å². The number of fused-ring (bicyclic) bond motifs is 1. The van der Waals surface area contributed by atoms with Gasteiger partial charge in [-0.05, 0) is 42.8 Å². The first kappa shape index (κ1) is 21.9. The van der Waals surface area contributed by atoms with Crippen LogP contribution in [0.1, 0.15) is 18.5 Å². The molecule has 0 saturated carbocycles. The van der Waals surface area contributed by atoms with Gasteiger partial charge in [-0.15, -0.1) is 0 Å². The molecule has 1 amide bonds. The van der Waals surface area contributed by atoms with Gasteiger partial charge >= 0.3 is 0 Å². The lowest BCUT2D eigenvalue weighted by Crippen LogP contribution is -2.53. The smallest absolute Gasteiger partial charge is 0.234 e. The fourth-order valence-electron chi connectivity index (χ4n) is 4.64. The monoisotopic (exact) mass is 485 g/mol. The first-order valence-corrected chi connectivity index (χ1v) is 11.5. The van der Waals surface area contributed by atoms with Crippen LogP contribution in [0.5, 0.6) is 0 Å². The molecule has 9 heteroatoms. The summed E-state index contributed by atoms with van der Waals surface area (Å²) in [5, 5.41) is 5.30. The minimum absolute atomic E-state index is 0.0165. The number of amides is 1. The summed E-state index contributed by atoms with van der Waals surface area (Å²) in [4.78, 5) is 22.5. The van der Waals surface area contributed by atoms with Gasteiger partial charge in [0.2, 0.25) is 5.91 Å². The van der Waals surface area contributed by atoms with Gasteiger partial charge in [0, 0.05) is 43.6 Å². The normalized spacial score (nSPS) is 20.4. The standard InChI is InChI=1S/C24H22Cl2FN5O/c1-15-21(24(33)31-13-11-30(12-14-31)17-7-5-16(27)6-8-17)23(32-20(29-15)9-10-28-32)18-3-2-4-19(25)22(18)26/h2-10,21,23H,11-14H2,1H3. The second kappa shape index (κ2) is 8.80. The van der Waals surface area contributed by atoms with Crippen molar-refractivity contribution in [1.82, 2.24) is 14.7 Å². The summed E-state index contributed by atoms with van der Waals surface area (Å²) in [6.07, 6.45) is 1.67. The highest BCUT2D eigenvalue weighted by molar-refractivity contribution is 6.42. The molecule has 5 rings (SSSR count). The van der Waals surface area contributed by atoms with E-state index >= 15 is 0 Å². The Morgan fingerprint density at radius 2 is 1.76 bits per heavy atom. The molecule has 0 bridgehead atoms. The maximum Gasteiger partial charge on any atom is 0.234 e. The number of aliphatic imine (C=N–C) groups is 1. The Balaban J connectivity index is 1.42. The maximum atomic E-state index is 13.8. The van der Waals surface area contributed by atoms with Crippen molar-refractivity contribution < 1.29 is 9.18 Å². The Hall–Kier alpha value is -2.90. The summed E-state index contributed by atoms with van der Waals surface area (Å²) in [6.45, 7) is 4.31. The fraction of sp³-hybridized carbons (Fsp3) is 0.292. The lowest BCUT2D eigenvalue weighted by atomic mass is 9.86. The average molecular weight is 486 g/mol. The Morgan fingerprint density at radius 3 is 2.48 bits per heavy atom. The highest BCUT2D eigenvalue weighted by Gasteiger charge is 2.41. The Kier molecular flexibility index (Phi) is 5.85. The number of nitrogens with zero attached hydrogens (tertiary/aromatic N) is 5. The summed E-state index contributed by atoms with van der Waals surface area (Å²) >= 11 is 12.9. The van der Waals surface area contributed by atoms with E-state index in [2.05, 4.69) is 15.0 Å². The van der Waals surface area contributed by atoms with Crippen molar-refractivity contribution in [1.29, 1.82) is 0 Å². The summed E-state index contributed by atoms with van der Waals surface area (Å²) in [7, 11) is 0. The van der Waals surface area contributed by atoms with Gasteiger partial charge in [0.15, 0.2) is 5.82 Å². The van der Waals surface area contributed by atoms with Gasteiger partial charge in [-0.1, -0.05) is 35.3 Å². The summed E-state index contributed by atoms with van der Waals surface area (Å²) in [5.41, 5.74) is 2.41. The molecular formula is C24H22Cl2FN5O. The third-order valence-corrected chi connectivity index (χ3v) is 7.15. The first-order chi connectivity index (χ1) is 15.9. The van der Waals surface area contributed by atoms with E-state index in [0.29, 0.717) is 42.0 Å². The molecular weight excluding hydrogens is 464 g/mol. The third-order valence-electron chi connectivity index (χ3n) is 6.32. The first-order valence-electron chi connectivity index (χ1n) is 10.8. The van der Waals surface area contributed by atoms with Crippen LogP contribution in [-0.4, -0.2) is 52.5 Å². The van der Waals surface area contributed by atoms with E-state index in [1.165, 1.54) is 12.1 Å². The SMILES string of the molecule is CC1=Nc2ccnn2C(c2cccc(Cl)c2Cl)C1C(=O)N1CCN(c2ccc(F)cc2)CC1. The molecule has 33 heavy (non-hydrogen) atoms. The summed E-state index contributed by atoms with van der Waals surface area (Å²) < 4.78 is 15.0. The van der Waals surface area contributed by atoms with Crippen molar-refractivity contribution in [3.8, 4) is 0 Å². The number of rotatable bonds is 3. The predicted molar refractivity (Wildman–Crippen MR) is 128 cm³/mol. The van der Waals surface area contributed by atoms with Gasteiger partial charge in [-0.3, -0.25) is 4.79 Å². The third kappa shape index (κ3) is 4.00. The molecule has 1 fully saturated rings. The Morgan fingerprint density at radius 1 is 1.03 bits per heavy atom. The highest BCUT2D eigenvalue weighted by Crippen LogP contribution is 2.41. The molecule has 2 atom stereocenters. The highest BCUT2D eigenvalue weighted by atomic mass is 35.5. The molecule has 1 saturated heterocycles. The molecule has 3 heterocycles. The van der Waals surface area contributed by atoms with Crippen LogP contribution in [0.2, 0.25) is 10.0 Å². The van der Waals surface area contributed by atoms with E-state index in [0.717, 1.165) is 17.0 Å². The van der Waals surface area contributed by atoms with Crippen LogP contribution in [0, 0.1) is 11.7 Å². The molecule has 1 aromatic heterocycles. The molecule has 2 aromatic carbocycles. The molecule has 0 aliphatic carbocycles. The number of piperazine rings is 1. The van der Waals surface area contributed by atoms with Crippen molar-refractivity contribution >= 4 is 46.3 Å². The largest absolute Gasteiger partial charge is 0.368 e. The number of hydrogen-bond acceptors (Lipinski definition) is 4. The van der Waals surface area contributed by atoms with Crippen LogP contribution >= 0.6 is 23.2 Å². The quantitative estimate of drug-likeness (QED) is 0.524. The van der Waals surface area contributed by atoms with Crippen molar-refractivity contribution in [2.24, 2.45) is 10.9 Å². The fourth-order valence-corrected chi connectivity index (χ4v) is 5.06. The molecule has 0 N–H and O–H groups in total. The van der Waals surface area contributed by atoms with Gasteiger partial charge in [0.05, 0.1) is 22.3 Å². The van der Waals surface area contributed by atoms with Crippen LogP contribution in [-0.2, 0) is 4.79 Å². The van der Waals surface area contributed by atoms with Crippen LogP contribution in [0.4, 0.5) is 15.9 Å².